The van der Waals surface area contributed by atoms with E-state index in [1.807, 2.05) is 41.3 Å². The number of hydrogen-bond acceptors (Lipinski definition) is 21. The lowest BCUT2D eigenvalue weighted by molar-refractivity contribution is -0.121. The fraction of sp³-hybridized carbons (Fsp3) is 0.466. The third-order valence-electron chi connectivity index (χ3n) is 16.8. The molecule has 588 valence electrons. The molecule has 0 aliphatic carbocycles. The monoisotopic (exact) mass is 1510 g/mol. The third kappa shape index (κ3) is 26.7. The number of carbonyl (C=O) groups excluding carboxylic acids is 10. The molecule has 0 fully saturated rings. The van der Waals surface area contributed by atoms with Gasteiger partial charge in [-0.05, 0) is 72.9 Å². The van der Waals surface area contributed by atoms with E-state index in [9.17, 15) is 47.9 Å². The van der Waals surface area contributed by atoms with E-state index in [1.165, 1.54) is 49.0 Å². The number of aromatic nitrogens is 8. The van der Waals surface area contributed by atoms with Crippen LogP contribution in [-0.2, 0) is 98.7 Å². The van der Waals surface area contributed by atoms with Gasteiger partial charge in [0.15, 0.2) is 17.5 Å². The fourth-order valence-electron chi connectivity index (χ4n) is 11.3. The molecule has 0 bridgehead atoms. The zero-order chi connectivity index (χ0) is 78.0. The number of fused-ring (bicyclic) bond motifs is 1. The molecule has 1 aliphatic rings. The highest BCUT2D eigenvalue weighted by molar-refractivity contribution is 6.08. The van der Waals surface area contributed by atoms with Crippen molar-refractivity contribution in [2.75, 3.05) is 165 Å². The van der Waals surface area contributed by atoms with E-state index in [0.717, 1.165) is 35.2 Å². The highest BCUT2D eigenvalue weighted by Crippen LogP contribution is 2.34. The molecule has 1 aliphatic heterocycles. The van der Waals surface area contributed by atoms with Gasteiger partial charge in [0, 0.05) is 149 Å². The molecule has 10 amide bonds. The molecule has 0 saturated heterocycles. The third-order valence-corrected chi connectivity index (χ3v) is 16.8. The lowest BCUT2D eigenvalue weighted by Crippen LogP contribution is -2.40. The number of ether oxygens (including phenoxy) is 8. The van der Waals surface area contributed by atoms with Crippen molar-refractivity contribution in [2.45, 2.75) is 52.0 Å². The smallest absolute Gasteiger partial charge is 0.291 e. The number of nitrogens with zero attached hydrogens (tertiary/aromatic N) is 9. The van der Waals surface area contributed by atoms with E-state index in [0.29, 0.717) is 117 Å². The molecule has 6 heterocycles. The first-order chi connectivity index (χ1) is 52.6. The molecular formula is C73H98N18O18. The number of hydrogen-bond donors (Lipinski definition) is 9. The van der Waals surface area contributed by atoms with Crippen LogP contribution < -0.4 is 52.8 Å². The minimum atomic E-state index is -0.695. The topological polar surface area (TPSA) is 419 Å². The summed E-state index contributed by atoms with van der Waals surface area (Å²) in [4.78, 5) is 143. The average molecular weight is 1520 g/mol. The Hall–Kier alpha value is -11.0. The maximum Gasteiger partial charge on any atom is 0.291 e. The van der Waals surface area contributed by atoms with E-state index >= 15 is 0 Å². The number of anilines is 5. The number of imidazole rings is 3. The summed E-state index contributed by atoms with van der Waals surface area (Å²) in [6.07, 6.45) is 10.6. The van der Waals surface area contributed by atoms with E-state index in [4.69, 9.17) is 37.9 Å². The largest absolute Gasteiger partial charge is 0.377 e. The Bertz CT molecular complexity index is 4200. The Morgan fingerprint density at radius 2 is 0.908 bits per heavy atom. The average Bonchev–Trinajstić information content (AvgIpc) is 1.65. The summed E-state index contributed by atoms with van der Waals surface area (Å²) >= 11 is 0. The van der Waals surface area contributed by atoms with Gasteiger partial charge >= 0.3 is 0 Å². The van der Waals surface area contributed by atoms with Crippen LogP contribution in [0.4, 0.5) is 28.7 Å². The van der Waals surface area contributed by atoms with Gasteiger partial charge in [-0.15, -0.1) is 0 Å². The summed E-state index contributed by atoms with van der Waals surface area (Å²) in [6.45, 7) is 10.3. The SMILES string of the molecule is CC(=O)N1c2ccc(-c3ccc(C(=O)NCCOCCOCCOCCOCCOCCOCCOCCOCCNC(=O)CCNC(=O)c4nc(NC(=O)CCNC(=O)c5c(NC(=O)c6nc(NC(=O)CCNC(=O)c7cc(NC(=O)c8nccn8C)cn7C)cn6C)ccn5C)cn4C)cc3)cc2CC[C@@H]1C. The van der Waals surface area contributed by atoms with Crippen LogP contribution in [0.15, 0.2) is 91.8 Å². The zero-order valence-electron chi connectivity index (χ0n) is 62.5. The van der Waals surface area contributed by atoms with E-state index in [2.05, 4.69) is 75.8 Å². The molecule has 2 aromatic carbocycles. The van der Waals surface area contributed by atoms with Crippen molar-refractivity contribution in [3.8, 4) is 11.1 Å². The predicted octanol–water partition coefficient (Wildman–Crippen LogP) is 2.74. The number of nitrogens with one attached hydrogen (secondary N) is 9. The van der Waals surface area contributed by atoms with Gasteiger partial charge in [-0.1, -0.05) is 18.2 Å². The van der Waals surface area contributed by atoms with Crippen molar-refractivity contribution in [1.29, 1.82) is 0 Å². The Labute approximate surface area is 630 Å². The molecule has 8 rings (SSSR count). The number of aryl methyl sites for hydroxylation is 6. The van der Waals surface area contributed by atoms with Gasteiger partial charge in [0.05, 0.1) is 117 Å². The van der Waals surface area contributed by atoms with Crippen LogP contribution in [0, 0.1) is 0 Å². The lowest BCUT2D eigenvalue weighted by atomic mass is 9.93. The number of benzene rings is 2. The van der Waals surface area contributed by atoms with E-state index in [-0.39, 0.29) is 122 Å². The first-order valence-electron chi connectivity index (χ1n) is 35.8. The standard InChI is InChI=1S/C73H98N18O18/c1-49-8-9-54-44-53(14-15-57(54)91(49)50(2)92)51-10-12-52(13-11-51)68(96)79-25-29-103-31-33-105-35-37-107-39-41-109-43-42-108-40-38-106-36-34-104-32-30-102-28-24-74-61(93)16-20-78-71(99)66-84-59(47-89(66)6)82-63(95)18-22-77-70(98)64-56(19-26-86(64)3)81-73(101)67-85-60(48-90(67)7)83-62(94)17-21-76-69(97)58-45-55(46-88(58)5)80-72(100)65-75-23-27-87(65)4/h10-15,19,23,26-27,44-49H,8-9,16-18,20-22,24-25,28-43H2,1-7H3,(H,74,93)(H,76,97)(H,77,98)(H,78,99)(H,79,96)(H,80,100)(H,81,101)(H,82,95)(H,83,94)/t49-/m0/s1. The summed E-state index contributed by atoms with van der Waals surface area (Å²) in [5, 5.41) is 24.2. The first-order valence-corrected chi connectivity index (χ1v) is 35.8. The summed E-state index contributed by atoms with van der Waals surface area (Å²) in [7, 11) is 8.01. The molecule has 1 atom stereocenters. The van der Waals surface area contributed by atoms with E-state index < -0.39 is 41.4 Å². The highest BCUT2D eigenvalue weighted by atomic mass is 16.6. The molecule has 5 aromatic heterocycles. The molecule has 9 N–H and O–H groups in total. The number of rotatable bonds is 47. The Kier molecular flexibility index (Phi) is 33.6. The van der Waals surface area contributed by atoms with Crippen LogP contribution in [0.5, 0.6) is 0 Å². The number of carbonyl (C=O) groups is 10. The second-order valence-corrected chi connectivity index (χ2v) is 25.1. The van der Waals surface area contributed by atoms with Crippen LogP contribution in [0.1, 0.15) is 108 Å². The van der Waals surface area contributed by atoms with Gasteiger partial charge in [-0.25, -0.2) is 15.0 Å². The normalized spacial score (nSPS) is 12.4. The molecular weight excluding hydrogens is 1420 g/mol. The van der Waals surface area contributed by atoms with Gasteiger partial charge in [0.1, 0.15) is 11.4 Å². The minimum absolute atomic E-state index is 0.00958. The fourth-order valence-corrected chi connectivity index (χ4v) is 11.3. The quantitative estimate of drug-likeness (QED) is 0.0248. The maximum absolute atomic E-state index is 13.4. The molecule has 0 saturated carbocycles. The van der Waals surface area contributed by atoms with Crippen LogP contribution in [0.3, 0.4) is 0 Å². The van der Waals surface area contributed by atoms with E-state index in [1.54, 1.807) is 65.3 Å². The predicted molar refractivity (Wildman–Crippen MR) is 399 cm³/mol. The van der Waals surface area contributed by atoms with Crippen LogP contribution >= 0.6 is 0 Å². The summed E-state index contributed by atoms with van der Waals surface area (Å²) in [5.74, 6) is -4.03. The van der Waals surface area contributed by atoms with Gasteiger partial charge in [-0.3, -0.25) is 47.9 Å². The first kappa shape index (κ1) is 83.6. The van der Waals surface area contributed by atoms with Crippen LogP contribution in [0.2, 0.25) is 0 Å². The Balaban J connectivity index is 0.556. The van der Waals surface area contributed by atoms with Gasteiger partial charge < -0.3 is 113 Å². The molecule has 0 radical (unpaired) electrons. The summed E-state index contributed by atoms with van der Waals surface area (Å²) in [6, 6.07) is 16.9. The van der Waals surface area contributed by atoms with Crippen molar-refractivity contribution in [1.82, 2.24) is 64.4 Å². The molecule has 7 aromatic rings. The van der Waals surface area contributed by atoms with Crippen LogP contribution in [-0.4, -0.2) is 241 Å². The maximum atomic E-state index is 13.4. The van der Waals surface area contributed by atoms with Gasteiger partial charge in [0.25, 0.3) is 35.4 Å². The van der Waals surface area contributed by atoms with Gasteiger partial charge in [-0.2, -0.15) is 0 Å². The Morgan fingerprint density at radius 3 is 1.44 bits per heavy atom. The van der Waals surface area contributed by atoms with Crippen molar-refractivity contribution < 1.29 is 85.8 Å². The number of amides is 10. The van der Waals surface area contributed by atoms with Crippen LogP contribution in [0.25, 0.3) is 11.1 Å². The van der Waals surface area contributed by atoms with Crippen molar-refractivity contribution >= 4 is 87.8 Å². The second-order valence-electron chi connectivity index (χ2n) is 25.1. The molecule has 0 unspecified atom stereocenters. The molecule has 36 heteroatoms. The van der Waals surface area contributed by atoms with Crippen molar-refractivity contribution in [3.63, 3.8) is 0 Å². The minimum Gasteiger partial charge on any atom is -0.377 e. The van der Waals surface area contributed by atoms with Crippen molar-refractivity contribution in [3.05, 3.63) is 132 Å². The highest BCUT2D eigenvalue weighted by Gasteiger charge is 2.28. The molecule has 109 heavy (non-hydrogen) atoms. The van der Waals surface area contributed by atoms with Crippen molar-refractivity contribution in [2.24, 2.45) is 35.2 Å². The molecule has 36 nitrogen and oxygen atoms in total. The summed E-state index contributed by atoms with van der Waals surface area (Å²) in [5.41, 5.74) is 5.57. The molecule has 0 spiro atoms. The van der Waals surface area contributed by atoms with Gasteiger partial charge in [0.2, 0.25) is 35.3 Å². The Morgan fingerprint density at radius 1 is 0.431 bits per heavy atom. The summed E-state index contributed by atoms with van der Waals surface area (Å²) < 4.78 is 51.7. The lowest BCUT2D eigenvalue weighted by Gasteiger charge is -2.34. The zero-order valence-corrected chi connectivity index (χ0v) is 62.5. The second kappa shape index (κ2) is 43.7.